The van der Waals surface area contributed by atoms with Gasteiger partial charge in [0.25, 0.3) is 0 Å². The number of carbonyl (C=O) groups excluding carboxylic acids is 1. The second kappa shape index (κ2) is 6.86. The van der Waals surface area contributed by atoms with Gasteiger partial charge in [-0.3, -0.25) is 4.79 Å². The summed E-state index contributed by atoms with van der Waals surface area (Å²) in [6.07, 6.45) is 9.35. The maximum atomic E-state index is 11.7. The fourth-order valence-electron chi connectivity index (χ4n) is 3.57. The highest BCUT2D eigenvalue weighted by atomic mass is 32.1. The van der Waals surface area contributed by atoms with Crippen LogP contribution >= 0.6 is 11.3 Å². The van der Waals surface area contributed by atoms with E-state index in [9.17, 15) is 4.79 Å². The highest BCUT2D eigenvalue weighted by molar-refractivity contribution is 7.11. The van der Waals surface area contributed by atoms with Gasteiger partial charge in [0, 0.05) is 31.8 Å². The molecule has 2 aliphatic rings. The third-order valence-electron chi connectivity index (χ3n) is 4.92. The van der Waals surface area contributed by atoms with Crippen LogP contribution in [0.3, 0.4) is 0 Å². The first kappa shape index (κ1) is 14.9. The third-order valence-corrected chi connectivity index (χ3v) is 6.03. The Balaban J connectivity index is 1.53. The largest absolute Gasteiger partial charge is 0.343 e. The normalized spacial score (nSPS) is 21.1. The molecule has 0 N–H and O–H groups in total. The zero-order valence-corrected chi connectivity index (χ0v) is 13.7. The Kier molecular flexibility index (Phi) is 4.88. The molecule has 4 nitrogen and oxygen atoms in total. The summed E-state index contributed by atoms with van der Waals surface area (Å²) in [5.74, 6) is 1.64. The molecule has 2 fully saturated rings. The van der Waals surface area contributed by atoms with Crippen LogP contribution in [0.5, 0.6) is 0 Å². The van der Waals surface area contributed by atoms with Crippen LogP contribution in [0.4, 0.5) is 0 Å². The van der Waals surface area contributed by atoms with Crippen LogP contribution in [-0.4, -0.2) is 34.1 Å². The van der Waals surface area contributed by atoms with Crippen LogP contribution in [0.2, 0.25) is 0 Å². The summed E-state index contributed by atoms with van der Waals surface area (Å²) < 4.78 is 0. The molecule has 0 bridgehead atoms. The van der Waals surface area contributed by atoms with E-state index in [4.69, 9.17) is 0 Å². The standard InChI is InChI=1S/C16H25N3OS/c1-2-15(20)19-9-7-13(8-10-19)16-18-17-14(21-16)11-12-5-3-4-6-12/h12-13H,2-11H2,1H3. The predicted molar refractivity (Wildman–Crippen MR) is 84.4 cm³/mol. The van der Waals surface area contributed by atoms with Crippen molar-refractivity contribution in [2.24, 2.45) is 5.92 Å². The Labute approximate surface area is 130 Å². The maximum Gasteiger partial charge on any atom is 0.222 e. The molecule has 1 aliphatic carbocycles. The lowest BCUT2D eigenvalue weighted by molar-refractivity contribution is -0.131. The summed E-state index contributed by atoms with van der Waals surface area (Å²) in [7, 11) is 0. The Hall–Kier alpha value is -0.970. The molecule has 1 aromatic heterocycles. The van der Waals surface area contributed by atoms with Gasteiger partial charge in [0.15, 0.2) is 0 Å². The van der Waals surface area contributed by atoms with Crippen molar-refractivity contribution in [3.05, 3.63) is 10.0 Å². The van der Waals surface area contributed by atoms with E-state index in [1.54, 1.807) is 0 Å². The van der Waals surface area contributed by atoms with E-state index in [1.807, 2.05) is 23.2 Å². The monoisotopic (exact) mass is 307 g/mol. The average molecular weight is 307 g/mol. The topological polar surface area (TPSA) is 46.1 Å². The van der Waals surface area contributed by atoms with Crippen molar-refractivity contribution in [3.63, 3.8) is 0 Å². The summed E-state index contributed by atoms with van der Waals surface area (Å²) in [5.41, 5.74) is 0. The second-order valence-corrected chi connectivity index (χ2v) is 7.49. The van der Waals surface area contributed by atoms with E-state index in [0.717, 1.165) is 38.3 Å². The maximum absolute atomic E-state index is 11.7. The fraction of sp³-hybridized carbons (Fsp3) is 0.812. The number of hydrogen-bond donors (Lipinski definition) is 0. The van der Waals surface area contributed by atoms with Crippen molar-refractivity contribution >= 4 is 17.2 Å². The van der Waals surface area contributed by atoms with E-state index >= 15 is 0 Å². The minimum absolute atomic E-state index is 0.285. The first-order valence-corrected chi connectivity index (χ1v) is 9.18. The molecule has 1 saturated heterocycles. The molecule has 0 radical (unpaired) electrons. The van der Waals surface area contributed by atoms with Gasteiger partial charge in [-0.1, -0.05) is 32.6 Å². The Morgan fingerprint density at radius 2 is 1.90 bits per heavy atom. The van der Waals surface area contributed by atoms with E-state index in [1.165, 1.54) is 35.7 Å². The molecule has 5 heteroatoms. The quantitative estimate of drug-likeness (QED) is 0.856. The molecule has 0 atom stereocenters. The number of carbonyl (C=O) groups is 1. The van der Waals surface area contributed by atoms with Crippen LogP contribution in [0.25, 0.3) is 0 Å². The van der Waals surface area contributed by atoms with Gasteiger partial charge in [-0.05, 0) is 18.8 Å². The highest BCUT2D eigenvalue weighted by Crippen LogP contribution is 2.33. The molecule has 0 spiro atoms. The van der Waals surface area contributed by atoms with E-state index in [0.29, 0.717) is 12.3 Å². The molecule has 1 saturated carbocycles. The van der Waals surface area contributed by atoms with Crippen molar-refractivity contribution in [3.8, 4) is 0 Å². The lowest BCUT2D eigenvalue weighted by Gasteiger charge is -2.30. The Bertz CT molecular complexity index is 474. The van der Waals surface area contributed by atoms with Crippen molar-refractivity contribution in [1.82, 2.24) is 15.1 Å². The van der Waals surface area contributed by atoms with Crippen molar-refractivity contribution in [1.29, 1.82) is 0 Å². The molecule has 3 rings (SSSR count). The van der Waals surface area contributed by atoms with E-state index < -0.39 is 0 Å². The molecule has 1 amide bonds. The molecule has 1 aliphatic heterocycles. The zero-order valence-electron chi connectivity index (χ0n) is 12.9. The van der Waals surface area contributed by atoms with Crippen LogP contribution in [0.15, 0.2) is 0 Å². The molecule has 2 heterocycles. The summed E-state index contributed by atoms with van der Waals surface area (Å²) in [5, 5.41) is 11.3. The number of rotatable bonds is 4. The second-order valence-electron chi connectivity index (χ2n) is 6.40. The van der Waals surface area contributed by atoms with Crippen molar-refractivity contribution in [2.45, 2.75) is 64.2 Å². The zero-order chi connectivity index (χ0) is 14.7. The van der Waals surface area contributed by atoms with Crippen LogP contribution in [0.1, 0.15) is 67.8 Å². The van der Waals surface area contributed by atoms with Gasteiger partial charge >= 0.3 is 0 Å². The average Bonchev–Trinajstić information content (AvgIpc) is 3.19. The first-order chi connectivity index (χ1) is 10.3. The first-order valence-electron chi connectivity index (χ1n) is 8.36. The molecule has 0 aromatic carbocycles. The van der Waals surface area contributed by atoms with Crippen LogP contribution < -0.4 is 0 Å². The van der Waals surface area contributed by atoms with Gasteiger partial charge in [0.05, 0.1) is 0 Å². The SMILES string of the molecule is CCC(=O)N1CCC(c2nnc(CC3CCCC3)s2)CC1. The number of piperidine rings is 1. The number of hydrogen-bond acceptors (Lipinski definition) is 4. The van der Waals surface area contributed by atoms with Crippen LogP contribution in [0, 0.1) is 5.92 Å². The Morgan fingerprint density at radius 1 is 1.19 bits per heavy atom. The molecule has 21 heavy (non-hydrogen) atoms. The molecular formula is C16H25N3OS. The lowest BCUT2D eigenvalue weighted by atomic mass is 9.97. The van der Waals surface area contributed by atoms with E-state index in [2.05, 4.69) is 10.2 Å². The smallest absolute Gasteiger partial charge is 0.222 e. The van der Waals surface area contributed by atoms with Crippen molar-refractivity contribution < 1.29 is 4.79 Å². The van der Waals surface area contributed by atoms with Gasteiger partial charge in [-0.2, -0.15) is 0 Å². The highest BCUT2D eigenvalue weighted by Gasteiger charge is 2.26. The summed E-state index contributed by atoms with van der Waals surface area (Å²) in [4.78, 5) is 13.7. The third kappa shape index (κ3) is 3.62. The summed E-state index contributed by atoms with van der Waals surface area (Å²) in [6.45, 7) is 3.71. The molecule has 116 valence electrons. The van der Waals surface area contributed by atoms with Gasteiger partial charge in [-0.15, -0.1) is 21.5 Å². The van der Waals surface area contributed by atoms with E-state index in [-0.39, 0.29) is 5.91 Å². The molecular weight excluding hydrogens is 282 g/mol. The minimum Gasteiger partial charge on any atom is -0.343 e. The summed E-state index contributed by atoms with van der Waals surface area (Å²) >= 11 is 1.82. The lowest BCUT2D eigenvalue weighted by Crippen LogP contribution is -2.37. The number of nitrogens with zero attached hydrogens (tertiary/aromatic N) is 3. The summed E-state index contributed by atoms with van der Waals surface area (Å²) in [6, 6.07) is 0. The molecule has 1 aromatic rings. The van der Waals surface area contributed by atoms with Gasteiger partial charge in [0.1, 0.15) is 10.0 Å². The minimum atomic E-state index is 0.285. The van der Waals surface area contributed by atoms with Gasteiger partial charge < -0.3 is 4.90 Å². The predicted octanol–water partition coefficient (Wildman–Crippen LogP) is 3.39. The number of likely N-dealkylation sites (tertiary alicyclic amines) is 1. The van der Waals surface area contributed by atoms with Crippen molar-refractivity contribution in [2.75, 3.05) is 13.1 Å². The van der Waals surface area contributed by atoms with Gasteiger partial charge in [-0.25, -0.2) is 0 Å². The van der Waals surface area contributed by atoms with Crippen LogP contribution in [-0.2, 0) is 11.2 Å². The number of amides is 1. The van der Waals surface area contributed by atoms with Gasteiger partial charge in [0.2, 0.25) is 5.91 Å². The Morgan fingerprint density at radius 3 is 2.57 bits per heavy atom. The number of aromatic nitrogens is 2. The fourth-order valence-corrected chi connectivity index (χ4v) is 4.70. The molecule has 0 unspecified atom stereocenters.